The third-order valence-electron chi connectivity index (χ3n) is 2.96. The van der Waals surface area contributed by atoms with E-state index in [-0.39, 0.29) is 0 Å². The van der Waals surface area contributed by atoms with E-state index in [1.54, 1.807) is 0 Å². The number of likely N-dealkylation sites (tertiary alicyclic amines) is 1. The maximum Gasteiger partial charge on any atom is 0.0379 e. The van der Waals surface area contributed by atoms with E-state index < -0.39 is 0 Å². The van der Waals surface area contributed by atoms with Gasteiger partial charge < -0.3 is 0 Å². The van der Waals surface area contributed by atoms with Gasteiger partial charge in [-0.25, -0.2) is 0 Å². The summed E-state index contributed by atoms with van der Waals surface area (Å²) in [5.74, 6) is 0.767. The first-order valence-corrected chi connectivity index (χ1v) is 7.54. The zero-order chi connectivity index (χ0) is 10.7. The molecule has 1 aromatic heterocycles. The molecular weight excluding hydrogens is 294 g/mol. The van der Waals surface area contributed by atoms with Crippen LogP contribution in [-0.4, -0.2) is 23.4 Å². The zero-order valence-corrected chi connectivity index (χ0v) is 11.7. The highest BCUT2D eigenvalue weighted by Crippen LogP contribution is 2.27. The molecule has 1 nitrogen and oxygen atoms in total. The molecule has 0 amide bonds. The van der Waals surface area contributed by atoms with Crippen molar-refractivity contribution in [2.24, 2.45) is 0 Å². The van der Waals surface area contributed by atoms with Crippen LogP contribution in [-0.2, 0) is 6.54 Å². The Labute approximate surface area is 109 Å². The number of thiophene rings is 1. The molecule has 0 aromatic carbocycles. The fraction of sp³-hybridized carbons (Fsp3) is 0.636. The van der Waals surface area contributed by atoms with Crippen molar-refractivity contribution >= 4 is 38.9 Å². The fourth-order valence-corrected chi connectivity index (χ4v) is 3.92. The number of nitrogens with zero attached hydrogens (tertiary/aromatic N) is 1. The molecule has 84 valence electrons. The monoisotopic (exact) mass is 307 g/mol. The Balaban J connectivity index is 2.00. The van der Waals surface area contributed by atoms with Crippen LogP contribution in [0.3, 0.4) is 0 Å². The lowest BCUT2D eigenvalue weighted by atomic mass is 10.0. The van der Waals surface area contributed by atoms with Crippen molar-refractivity contribution < 1.29 is 0 Å². The normalized spacial score (nSPS) is 23.2. The Morgan fingerprint density at radius 3 is 3.07 bits per heavy atom. The topological polar surface area (TPSA) is 3.24 Å². The Morgan fingerprint density at radius 1 is 1.53 bits per heavy atom. The second-order valence-electron chi connectivity index (χ2n) is 3.97. The highest BCUT2D eigenvalue weighted by molar-refractivity contribution is 9.10. The Hall–Kier alpha value is 0.430. The third-order valence-corrected chi connectivity index (χ3v) is 5.23. The first-order chi connectivity index (χ1) is 7.31. The van der Waals surface area contributed by atoms with E-state index in [0.29, 0.717) is 6.04 Å². The third kappa shape index (κ3) is 2.96. The highest BCUT2D eigenvalue weighted by Gasteiger charge is 2.22. The predicted molar refractivity (Wildman–Crippen MR) is 70.8 cm³/mol. The maximum atomic E-state index is 6.01. The van der Waals surface area contributed by atoms with Crippen LogP contribution in [0.2, 0.25) is 0 Å². The molecule has 0 saturated carbocycles. The predicted octanol–water partition coefficient (Wildman–Crippen LogP) is 4.10. The molecule has 15 heavy (non-hydrogen) atoms. The fourth-order valence-electron chi connectivity index (χ4n) is 2.07. The van der Waals surface area contributed by atoms with Crippen LogP contribution in [0, 0.1) is 0 Å². The van der Waals surface area contributed by atoms with E-state index in [0.717, 1.165) is 12.4 Å². The van der Waals surface area contributed by atoms with Crippen LogP contribution in [0.25, 0.3) is 0 Å². The van der Waals surface area contributed by atoms with Gasteiger partial charge in [0, 0.05) is 27.8 Å². The van der Waals surface area contributed by atoms with Gasteiger partial charge in [0.2, 0.25) is 0 Å². The second-order valence-corrected chi connectivity index (χ2v) is 6.13. The molecule has 0 radical (unpaired) electrons. The number of hydrogen-bond acceptors (Lipinski definition) is 2. The van der Waals surface area contributed by atoms with Crippen LogP contribution >= 0.6 is 38.9 Å². The Bertz CT molecular complexity index is 315. The van der Waals surface area contributed by atoms with Gasteiger partial charge in [-0.15, -0.1) is 22.9 Å². The average molecular weight is 309 g/mol. The summed E-state index contributed by atoms with van der Waals surface area (Å²) in [6, 6.07) is 2.70. The molecule has 4 heteroatoms. The summed E-state index contributed by atoms with van der Waals surface area (Å²) in [6.45, 7) is 2.25. The van der Waals surface area contributed by atoms with E-state index in [1.165, 1.54) is 35.2 Å². The summed E-state index contributed by atoms with van der Waals surface area (Å²) in [5.41, 5.74) is 0. The molecule has 1 aromatic rings. The van der Waals surface area contributed by atoms with Crippen LogP contribution in [0.5, 0.6) is 0 Å². The Kier molecular flexibility index (Phi) is 4.50. The van der Waals surface area contributed by atoms with Crippen molar-refractivity contribution in [1.82, 2.24) is 4.90 Å². The van der Waals surface area contributed by atoms with Crippen LogP contribution in [0.4, 0.5) is 0 Å². The lowest BCUT2D eigenvalue weighted by Crippen LogP contribution is -2.39. The first kappa shape index (κ1) is 11.9. The van der Waals surface area contributed by atoms with Gasteiger partial charge in [0.25, 0.3) is 0 Å². The SMILES string of the molecule is ClCC1CCCCN1Cc1sccc1Br. The maximum absolute atomic E-state index is 6.01. The van der Waals surface area contributed by atoms with Crippen molar-refractivity contribution in [2.75, 3.05) is 12.4 Å². The summed E-state index contributed by atoms with van der Waals surface area (Å²) in [4.78, 5) is 3.94. The molecule has 0 bridgehead atoms. The van der Waals surface area contributed by atoms with Gasteiger partial charge in [0.15, 0.2) is 0 Å². The molecule has 1 aliphatic heterocycles. The van der Waals surface area contributed by atoms with Crippen molar-refractivity contribution in [3.8, 4) is 0 Å². The lowest BCUT2D eigenvalue weighted by Gasteiger charge is -2.34. The quantitative estimate of drug-likeness (QED) is 0.760. The molecule has 1 aliphatic rings. The molecule has 0 N–H and O–H groups in total. The summed E-state index contributed by atoms with van der Waals surface area (Å²) >= 11 is 11.4. The van der Waals surface area contributed by atoms with Crippen molar-refractivity contribution in [3.63, 3.8) is 0 Å². The van der Waals surface area contributed by atoms with Crippen molar-refractivity contribution in [3.05, 3.63) is 20.8 Å². The lowest BCUT2D eigenvalue weighted by molar-refractivity contribution is 0.156. The van der Waals surface area contributed by atoms with E-state index in [1.807, 2.05) is 11.3 Å². The molecule has 1 atom stereocenters. The van der Waals surface area contributed by atoms with Gasteiger partial charge in [0.1, 0.15) is 0 Å². The van der Waals surface area contributed by atoms with Crippen LogP contribution < -0.4 is 0 Å². The van der Waals surface area contributed by atoms with E-state index in [2.05, 4.69) is 32.3 Å². The molecule has 1 unspecified atom stereocenters. The summed E-state index contributed by atoms with van der Waals surface area (Å²) in [7, 11) is 0. The molecule has 2 heterocycles. The average Bonchev–Trinajstić information content (AvgIpc) is 2.65. The van der Waals surface area contributed by atoms with Gasteiger partial charge in [-0.2, -0.15) is 0 Å². The molecule has 0 spiro atoms. The summed E-state index contributed by atoms with van der Waals surface area (Å²) in [5, 5.41) is 2.14. The number of hydrogen-bond donors (Lipinski definition) is 0. The summed E-state index contributed by atoms with van der Waals surface area (Å²) in [6.07, 6.45) is 3.91. The minimum absolute atomic E-state index is 0.578. The Morgan fingerprint density at radius 2 is 2.40 bits per heavy atom. The van der Waals surface area contributed by atoms with Gasteiger partial charge >= 0.3 is 0 Å². The number of rotatable bonds is 3. The summed E-state index contributed by atoms with van der Waals surface area (Å²) < 4.78 is 1.24. The van der Waals surface area contributed by atoms with Crippen molar-refractivity contribution in [2.45, 2.75) is 31.8 Å². The highest BCUT2D eigenvalue weighted by atomic mass is 79.9. The number of piperidine rings is 1. The number of halogens is 2. The second kappa shape index (κ2) is 5.67. The molecule has 2 rings (SSSR count). The minimum atomic E-state index is 0.578. The van der Waals surface area contributed by atoms with Gasteiger partial charge in [0.05, 0.1) is 0 Å². The molecule has 1 fully saturated rings. The minimum Gasteiger partial charge on any atom is -0.294 e. The largest absolute Gasteiger partial charge is 0.294 e. The van der Waals surface area contributed by atoms with Crippen LogP contribution in [0.15, 0.2) is 15.9 Å². The van der Waals surface area contributed by atoms with E-state index in [4.69, 9.17) is 11.6 Å². The van der Waals surface area contributed by atoms with Gasteiger partial charge in [-0.1, -0.05) is 6.42 Å². The zero-order valence-electron chi connectivity index (χ0n) is 8.59. The molecule has 1 saturated heterocycles. The van der Waals surface area contributed by atoms with Crippen LogP contribution in [0.1, 0.15) is 24.1 Å². The first-order valence-electron chi connectivity index (χ1n) is 5.33. The molecule has 0 aliphatic carbocycles. The van der Waals surface area contributed by atoms with Gasteiger partial charge in [-0.05, 0) is 46.8 Å². The van der Waals surface area contributed by atoms with E-state index >= 15 is 0 Å². The number of alkyl halides is 1. The van der Waals surface area contributed by atoms with Crippen molar-refractivity contribution in [1.29, 1.82) is 0 Å². The van der Waals surface area contributed by atoms with Gasteiger partial charge in [-0.3, -0.25) is 4.90 Å². The van der Waals surface area contributed by atoms with E-state index in [9.17, 15) is 0 Å². The molecular formula is C11H15BrClNS. The smallest absolute Gasteiger partial charge is 0.0379 e. The standard InChI is InChI=1S/C11H15BrClNS/c12-10-4-6-15-11(10)8-14-5-2-1-3-9(14)7-13/h4,6,9H,1-3,5,7-8H2.